The van der Waals surface area contributed by atoms with Crippen molar-refractivity contribution in [3.05, 3.63) is 74.7 Å². The van der Waals surface area contributed by atoms with Crippen LogP contribution in [0.2, 0.25) is 0 Å². The Morgan fingerprint density at radius 2 is 1.96 bits per heavy atom. The van der Waals surface area contributed by atoms with Gasteiger partial charge in [-0.05, 0) is 36.1 Å². The van der Waals surface area contributed by atoms with Gasteiger partial charge in [-0.25, -0.2) is 4.68 Å². The van der Waals surface area contributed by atoms with Gasteiger partial charge in [0.25, 0.3) is 11.5 Å². The highest BCUT2D eigenvalue weighted by atomic mass is 32.1. The molecule has 0 saturated heterocycles. The number of amides is 1. The van der Waals surface area contributed by atoms with E-state index in [0.717, 1.165) is 18.4 Å². The molecule has 1 N–H and O–H groups in total. The van der Waals surface area contributed by atoms with E-state index in [1.165, 1.54) is 15.6 Å². The summed E-state index contributed by atoms with van der Waals surface area (Å²) in [5.74, 6) is -0.0863. The van der Waals surface area contributed by atoms with Crippen molar-refractivity contribution in [1.29, 1.82) is 0 Å². The maximum Gasteiger partial charge on any atom is 0.266 e. The van der Waals surface area contributed by atoms with Crippen LogP contribution in [-0.4, -0.2) is 15.7 Å². The zero-order chi connectivity index (χ0) is 18.5. The summed E-state index contributed by atoms with van der Waals surface area (Å²) in [6.45, 7) is 2.11. The molecule has 0 radical (unpaired) electrons. The van der Waals surface area contributed by atoms with Gasteiger partial charge in [-0.1, -0.05) is 31.5 Å². The van der Waals surface area contributed by atoms with E-state index in [4.69, 9.17) is 0 Å². The van der Waals surface area contributed by atoms with Gasteiger partial charge in [-0.3, -0.25) is 9.59 Å². The predicted molar refractivity (Wildman–Crippen MR) is 104 cm³/mol. The second kappa shape index (κ2) is 8.10. The van der Waals surface area contributed by atoms with Gasteiger partial charge in [0, 0.05) is 29.1 Å². The largest absolute Gasteiger partial charge is 0.344 e. The Hall–Kier alpha value is -2.73. The highest BCUT2D eigenvalue weighted by molar-refractivity contribution is 7.10. The highest BCUT2D eigenvalue weighted by Crippen LogP contribution is 2.24. The van der Waals surface area contributed by atoms with Crippen molar-refractivity contribution in [3.8, 4) is 11.3 Å². The minimum absolute atomic E-state index is 0.0393. The molecule has 26 heavy (non-hydrogen) atoms. The number of thiophene rings is 1. The van der Waals surface area contributed by atoms with Crippen molar-refractivity contribution in [2.45, 2.75) is 25.8 Å². The zero-order valence-electron chi connectivity index (χ0n) is 14.8. The van der Waals surface area contributed by atoms with Crippen LogP contribution in [0.5, 0.6) is 0 Å². The normalized spacial score (nSPS) is 11.9. The summed E-state index contributed by atoms with van der Waals surface area (Å²) in [5, 5.41) is 9.38. The lowest BCUT2D eigenvalue weighted by atomic mass is 10.1. The average Bonchev–Trinajstić information content (AvgIpc) is 3.18. The summed E-state index contributed by atoms with van der Waals surface area (Å²) in [6.07, 6.45) is 1.91. The Kier molecular flexibility index (Phi) is 5.63. The maximum atomic E-state index is 12.6. The van der Waals surface area contributed by atoms with E-state index in [0.29, 0.717) is 11.3 Å². The molecular weight excluding hydrogens is 346 g/mol. The Morgan fingerprint density at radius 1 is 1.19 bits per heavy atom. The summed E-state index contributed by atoms with van der Waals surface area (Å²) < 4.78 is 1.30. The Bertz CT molecular complexity index is 930. The number of rotatable bonds is 6. The fraction of sp³-hybridized carbons (Fsp3) is 0.250. The van der Waals surface area contributed by atoms with Crippen LogP contribution >= 0.6 is 11.3 Å². The minimum atomic E-state index is -0.153. The molecule has 3 rings (SSSR count). The van der Waals surface area contributed by atoms with E-state index < -0.39 is 0 Å². The van der Waals surface area contributed by atoms with Gasteiger partial charge in [0.15, 0.2) is 0 Å². The second-order valence-corrected chi connectivity index (χ2v) is 7.07. The number of hydrogen-bond acceptors (Lipinski definition) is 4. The third kappa shape index (κ3) is 4.08. The van der Waals surface area contributed by atoms with Crippen LogP contribution in [0.15, 0.2) is 58.7 Å². The van der Waals surface area contributed by atoms with Crippen molar-refractivity contribution in [2.75, 3.05) is 0 Å². The third-order valence-electron chi connectivity index (χ3n) is 4.17. The van der Waals surface area contributed by atoms with Crippen LogP contribution in [0.1, 0.15) is 41.0 Å². The fourth-order valence-corrected chi connectivity index (χ4v) is 3.57. The molecule has 0 unspecified atom stereocenters. The first kappa shape index (κ1) is 18.1. The van der Waals surface area contributed by atoms with E-state index in [2.05, 4.69) is 23.4 Å². The van der Waals surface area contributed by atoms with Crippen LogP contribution in [0, 0.1) is 0 Å². The van der Waals surface area contributed by atoms with E-state index in [1.54, 1.807) is 36.6 Å². The lowest BCUT2D eigenvalue weighted by Crippen LogP contribution is -2.27. The SMILES string of the molecule is CCC[C@@H](NC(=O)c1ccc(-c2ccc(=O)n(C)n2)cc1)c1cccs1. The molecule has 5 nitrogen and oxygen atoms in total. The minimum Gasteiger partial charge on any atom is -0.344 e. The van der Waals surface area contributed by atoms with Gasteiger partial charge in [-0.2, -0.15) is 5.10 Å². The Morgan fingerprint density at radius 3 is 2.58 bits per heavy atom. The van der Waals surface area contributed by atoms with E-state index in [-0.39, 0.29) is 17.5 Å². The Labute approximate surface area is 156 Å². The monoisotopic (exact) mass is 367 g/mol. The van der Waals surface area contributed by atoms with Gasteiger partial charge in [0.05, 0.1) is 11.7 Å². The molecule has 0 aliphatic rings. The van der Waals surface area contributed by atoms with Crippen LogP contribution in [0.25, 0.3) is 11.3 Å². The van der Waals surface area contributed by atoms with Crippen molar-refractivity contribution >= 4 is 17.2 Å². The molecule has 0 fully saturated rings. The van der Waals surface area contributed by atoms with Crippen molar-refractivity contribution in [1.82, 2.24) is 15.1 Å². The third-order valence-corrected chi connectivity index (χ3v) is 5.16. The molecule has 6 heteroatoms. The number of aromatic nitrogens is 2. The average molecular weight is 367 g/mol. The van der Waals surface area contributed by atoms with Gasteiger partial charge in [-0.15, -0.1) is 11.3 Å². The first-order chi connectivity index (χ1) is 12.6. The number of benzene rings is 1. The van der Waals surface area contributed by atoms with E-state index in [1.807, 2.05) is 23.6 Å². The summed E-state index contributed by atoms with van der Waals surface area (Å²) in [5.41, 5.74) is 2.01. The lowest BCUT2D eigenvalue weighted by molar-refractivity contribution is 0.0935. The van der Waals surface area contributed by atoms with Crippen LogP contribution in [0.4, 0.5) is 0 Å². The topological polar surface area (TPSA) is 64.0 Å². The number of nitrogens with one attached hydrogen (secondary N) is 1. The molecule has 0 saturated carbocycles. The first-order valence-electron chi connectivity index (χ1n) is 8.57. The predicted octanol–water partition coefficient (Wildman–Crippen LogP) is 3.78. The molecule has 0 aliphatic heterocycles. The number of nitrogens with zero attached hydrogens (tertiary/aromatic N) is 2. The van der Waals surface area contributed by atoms with E-state index >= 15 is 0 Å². The van der Waals surface area contributed by atoms with Crippen LogP contribution in [-0.2, 0) is 7.05 Å². The maximum absolute atomic E-state index is 12.6. The molecule has 0 bridgehead atoms. The van der Waals surface area contributed by atoms with Gasteiger partial charge in [0.2, 0.25) is 0 Å². The molecule has 0 aliphatic carbocycles. The smallest absolute Gasteiger partial charge is 0.266 e. The standard InChI is InChI=1S/C20H21N3O2S/c1-3-5-17(18-6-4-13-26-18)21-20(25)15-9-7-14(8-10-15)16-11-12-19(24)23(2)22-16/h4,6-13,17H,3,5H2,1-2H3,(H,21,25)/t17-/m1/s1. The zero-order valence-corrected chi connectivity index (χ0v) is 15.6. The highest BCUT2D eigenvalue weighted by Gasteiger charge is 2.16. The molecule has 3 aromatic rings. The fourth-order valence-electron chi connectivity index (χ4n) is 2.75. The second-order valence-electron chi connectivity index (χ2n) is 6.09. The van der Waals surface area contributed by atoms with Crippen molar-refractivity contribution in [2.24, 2.45) is 7.05 Å². The van der Waals surface area contributed by atoms with Gasteiger partial charge in [0.1, 0.15) is 0 Å². The summed E-state index contributed by atoms with van der Waals surface area (Å²) in [7, 11) is 1.62. The van der Waals surface area contributed by atoms with Crippen LogP contribution in [0.3, 0.4) is 0 Å². The van der Waals surface area contributed by atoms with Crippen LogP contribution < -0.4 is 10.9 Å². The molecule has 2 aromatic heterocycles. The molecule has 0 spiro atoms. The number of aryl methyl sites for hydroxylation is 1. The molecule has 2 heterocycles. The molecule has 1 aromatic carbocycles. The Balaban J connectivity index is 1.76. The quantitative estimate of drug-likeness (QED) is 0.721. The number of carbonyl (C=O) groups excluding carboxylic acids is 1. The first-order valence-corrected chi connectivity index (χ1v) is 9.45. The lowest BCUT2D eigenvalue weighted by Gasteiger charge is -2.17. The summed E-state index contributed by atoms with van der Waals surface area (Å²) in [6, 6.07) is 14.5. The molecule has 134 valence electrons. The van der Waals surface area contributed by atoms with Gasteiger partial charge >= 0.3 is 0 Å². The number of hydrogen-bond donors (Lipinski definition) is 1. The summed E-state index contributed by atoms with van der Waals surface area (Å²) in [4.78, 5) is 25.2. The molecule has 1 atom stereocenters. The molecular formula is C20H21N3O2S. The van der Waals surface area contributed by atoms with Crippen molar-refractivity contribution in [3.63, 3.8) is 0 Å². The molecule has 1 amide bonds. The van der Waals surface area contributed by atoms with E-state index in [9.17, 15) is 9.59 Å². The van der Waals surface area contributed by atoms with Gasteiger partial charge < -0.3 is 5.32 Å². The number of carbonyl (C=O) groups is 1. The van der Waals surface area contributed by atoms with Crippen molar-refractivity contribution < 1.29 is 4.79 Å². The summed E-state index contributed by atoms with van der Waals surface area (Å²) >= 11 is 1.66.